The van der Waals surface area contributed by atoms with E-state index in [2.05, 4.69) is 4.72 Å². The summed E-state index contributed by atoms with van der Waals surface area (Å²) in [5.41, 5.74) is 5.51. The van der Waals surface area contributed by atoms with E-state index < -0.39 is 10.0 Å². The highest BCUT2D eigenvalue weighted by molar-refractivity contribution is 7.90. The van der Waals surface area contributed by atoms with Crippen LogP contribution in [0.3, 0.4) is 0 Å². The van der Waals surface area contributed by atoms with Gasteiger partial charge in [0.05, 0.1) is 5.25 Å². The smallest absolute Gasteiger partial charge is 0.214 e. The van der Waals surface area contributed by atoms with Gasteiger partial charge in [0.1, 0.15) is 0 Å². The monoisotopic (exact) mass is 240 g/mol. The van der Waals surface area contributed by atoms with E-state index in [-0.39, 0.29) is 23.7 Å². The van der Waals surface area contributed by atoms with Crippen molar-refractivity contribution in [2.24, 2.45) is 11.7 Å². The fraction of sp³-hybridized carbons (Fsp3) is 1.00. The van der Waals surface area contributed by atoms with Crippen molar-refractivity contribution in [2.45, 2.75) is 37.0 Å². The molecule has 0 aliphatic heterocycles. The molecular weight excluding hydrogens is 224 g/mol. The lowest BCUT2D eigenvalue weighted by molar-refractivity contribution is 0.518. The van der Waals surface area contributed by atoms with Crippen molar-refractivity contribution in [1.82, 2.24) is 4.72 Å². The second-order valence-electron chi connectivity index (χ2n) is 4.04. The minimum atomic E-state index is -3.03. The van der Waals surface area contributed by atoms with Gasteiger partial charge in [0, 0.05) is 12.6 Å². The highest BCUT2D eigenvalue weighted by Crippen LogP contribution is 2.34. The summed E-state index contributed by atoms with van der Waals surface area (Å²) < 4.78 is 25.8. The summed E-state index contributed by atoms with van der Waals surface area (Å²) in [5.74, 6) is 0.499. The average molecular weight is 241 g/mol. The molecule has 2 aliphatic carbocycles. The van der Waals surface area contributed by atoms with Crippen LogP contribution in [0.25, 0.3) is 0 Å². The molecule has 6 heteroatoms. The summed E-state index contributed by atoms with van der Waals surface area (Å²) in [4.78, 5) is 0. The quantitative estimate of drug-likeness (QED) is 0.723. The molecule has 0 saturated heterocycles. The number of hydrogen-bond acceptors (Lipinski definition) is 3. The predicted molar refractivity (Wildman–Crippen MR) is 57.9 cm³/mol. The molecule has 0 heterocycles. The minimum absolute atomic E-state index is 0. The number of rotatable bonds is 5. The summed E-state index contributed by atoms with van der Waals surface area (Å²) in [5, 5.41) is -0.125. The van der Waals surface area contributed by atoms with Crippen LogP contribution in [0.2, 0.25) is 0 Å². The molecule has 84 valence electrons. The molecule has 1 unspecified atom stereocenters. The van der Waals surface area contributed by atoms with Crippen LogP contribution in [0.4, 0.5) is 0 Å². The van der Waals surface area contributed by atoms with Crippen molar-refractivity contribution in [3.8, 4) is 0 Å². The van der Waals surface area contributed by atoms with Gasteiger partial charge < -0.3 is 5.73 Å². The Morgan fingerprint density at radius 2 is 1.86 bits per heavy atom. The van der Waals surface area contributed by atoms with Crippen molar-refractivity contribution in [2.75, 3.05) is 6.54 Å². The molecule has 4 nitrogen and oxygen atoms in total. The van der Waals surface area contributed by atoms with Gasteiger partial charge in [-0.15, -0.1) is 12.4 Å². The molecule has 1 atom stereocenters. The highest BCUT2D eigenvalue weighted by atomic mass is 35.5. The molecule has 0 aromatic rings. The number of nitrogens with two attached hydrogens (primary N) is 1. The molecule has 14 heavy (non-hydrogen) atoms. The fourth-order valence-corrected chi connectivity index (χ4v) is 3.18. The van der Waals surface area contributed by atoms with Crippen LogP contribution in [0, 0.1) is 5.92 Å². The Bertz CT molecular complexity index is 286. The highest BCUT2D eigenvalue weighted by Gasteiger charge is 2.40. The van der Waals surface area contributed by atoms with Gasteiger partial charge in [-0.05, 0) is 31.6 Å². The first-order valence-corrected chi connectivity index (χ1v) is 6.39. The molecule has 0 spiro atoms. The van der Waals surface area contributed by atoms with E-state index in [9.17, 15) is 8.42 Å². The molecule has 0 amide bonds. The Kier molecular flexibility index (Phi) is 3.80. The average Bonchev–Trinajstić information content (AvgIpc) is 2.88. The summed E-state index contributed by atoms with van der Waals surface area (Å²) >= 11 is 0. The lowest BCUT2D eigenvalue weighted by Gasteiger charge is -2.15. The van der Waals surface area contributed by atoms with Gasteiger partial charge in [-0.25, -0.2) is 13.1 Å². The molecule has 0 aromatic carbocycles. The lowest BCUT2D eigenvalue weighted by atomic mass is 10.2. The van der Waals surface area contributed by atoms with Crippen molar-refractivity contribution >= 4 is 22.4 Å². The van der Waals surface area contributed by atoms with E-state index in [0.29, 0.717) is 12.5 Å². The zero-order valence-corrected chi connectivity index (χ0v) is 9.61. The largest absolute Gasteiger partial charge is 0.329 e. The molecule has 0 radical (unpaired) electrons. The van der Waals surface area contributed by atoms with E-state index in [0.717, 1.165) is 25.7 Å². The Morgan fingerprint density at radius 1 is 1.29 bits per heavy atom. The number of hydrogen-bond donors (Lipinski definition) is 2. The van der Waals surface area contributed by atoms with Crippen LogP contribution >= 0.6 is 12.4 Å². The third kappa shape index (κ3) is 2.82. The summed E-state index contributed by atoms with van der Waals surface area (Å²) in [6.45, 7) is 0.427. The van der Waals surface area contributed by atoms with Crippen molar-refractivity contribution in [3.63, 3.8) is 0 Å². The zero-order valence-electron chi connectivity index (χ0n) is 7.98. The van der Waals surface area contributed by atoms with E-state index in [1.165, 1.54) is 0 Å². The first-order chi connectivity index (χ1) is 6.13. The van der Waals surface area contributed by atoms with E-state index in [1.807, 2.05) is 0 Å². The van der Waals surface area contributed by atoms with E-state index >= 15 is 0 Å². The molecule has 2 fully saturated rings. The maximum Gasteiger partial charge on any atom is 0.214 e. The second-order valence-corrected chi connectivity index (χ2v) is 6.03. The Labute approximate surface area is 91.1 Å². The van der Waals surface area contributed by atoms with Crippen LogP contribution < -0.4 is 10.5 Å². The molecule has 2 saturated carbocycles. The normalized spacial score (nSPS) is 24.1. The summed E-state index contributed by atoms with van der Waals surface area (Å²) in [6, 6.07) is -0.00870. The van der Waals surface area contributed by atoms with Crippen LogP contribution in [0.5, 0.6) is 0 Å². The van der Waals surface area contributed by atoms with Gasteiger partial charge in [-0.2, -0.15) is 0 Å². The topological polar surface area (TPSA) is 72.2 Å². The Balaban J connectivity index is 0.000000980. The van der Waals surface area contributed by atoms with Crippen molar-refractivity contribution in [3.05, 3.63) is 0 Å². The maximum atomic E-state index is 11.5. The lowest BCUT2D eigenvalue weighted by Crippen LogP contribution is -2.43. The first kappa shape index (κ1) is 12.2. The summed E-state index contributed by atoms with van der Waals surface area (Å²) in [7, 11) is -3.03. The van der Waals surface area contributed by atoms with E-state index in [1.54, 1.807) is 0 Å². The maximum absolute atomic E-state index is 11.5. The minimum Gasteiger partial charge on any atom is -0.329 e. The van der Waals surface area contributed by atoms with Crippen molar-refractivity contribution in [1.29, 1.82) is 0 Å². The van der Waals surface area contributed by atoms with Crippen molar-refractivity contribution < 1.29 is 8.42 Å². The van der Waals surface area contributed by atoms with Gasteiger partial charge in [-0.3, -0.25) is 0 Å². The van der Waals surface area contributed by atoms with Gasteiger partial charge in [0.15, 0.2) is 0 Å². The van der Waals surface area contributed by atoms with Crippen LogP contribution in [0.1, 0.15) is 25.7 Å². The van der Waals surface area contributed by atoms with Crippen LogP contribution in [-0.4, -0.2) is 26.3 Å². The van der Waals surface area contributed by atoms with Crippen LogP contribution in [-0.2, 0) is 10.0 Å². The second kappa shape index (κ2) is 4.35. The van der Waals surface area contributed by atoms with Gasteiger partial charge in [0.25, 0.3) is 0 Å². The zero-order chi connectivity index (χ0) is 9.47. The Morgan fingerprint density at radius 3 is 2.21 bits per heavy atom. The standard InChI is InChI=1S/C8H16N2O2S.ClH/c9-5-8(6-1-2-6)10-13(11,12)7-3-4-7;/h6-8,10H,1-5,9H2;1H. The molecule has 3 N–H and O–H groups in total. The third-order valence-electron chi connectivity index (χ3n) is 2.72. The van der Waals surface area contributed by atoms with Gasteiger partial charge >= 0.3 is 0 Å². The van der Waals surface area contributed by atoms with Gasteiger partial charge in [-0.1, -0.05) is 0 Å². The van der Waals surface area contributed by atoms with E-state index in [4.69, 9.17) is 5.73 Å². The number of nitrogens with one attached hydrogen (secondary N) is 1. The Hall–Kier alpha value is 0.160. The SMILES string of the molecule is Cl.NCC(NS(=O)(=O)C1CC1)C1CC1. The first-order valence-electron chi connectivity index (χ1n) is 4.84. The van der Waals surface area contributed by atoms with Crippen LogP contribution in [0.15, 0.2) is 0 Å². The number of halogens is 1. The fourth-order valence-electron chi connectivity index (χ4n) is 1.52. The molecule has 2 aliphatic rings. The molecule has 0 aromatic heterocycles. The number of sulfonamides is 1. The third-order valence-corrected chi connectivity index (χ3v) is 4.70. The predicted octanol–water partition coefficient (Wildman–Crippen LogP) is 0.227. The molecule has 2 rings (SSSR count). The molecular formula is C8H17ClN2O2S. The summed E-state index contributed by atoms with van der Waals surface area (Å²) in [6.07, 6.45) is 3.87. The van der Waals surface area contributed by atoms with Gasteiger partial charge in [0.2, 0.25) is 10.0 Å². The molecule has 0 bridgehead atoms.